The quantitative estimate of drug-likeness (QED) is 0.172. The molecule has 0 heterocycles. The minimum atomic E-state index is 0.334. The normalized spacial score (nSPS) is 23.0. The van der Waals surface area contributed by atoms with E-state index < -0.39 is 0 Å². The van der Waals surface area contributed by atoms with Gasteiger partial charge < -0.3 is 9.80 Å². The van der Waals surface area contributed by atoms with Crippen molar-refractivity contribution in [1.29, 1.82) is 0 Å². The highest BCUT2D eigenvalue weighted by Crippen LogP contribution is 2.41. The van der Waals surface area contributed by atoms with Gasteiger partial charge in [0.25, 0.3) is 0 Å². The molecule has 0 unspecified atom stereocenters. The van der Waals surface area contributed by atoms with Crippen LogP contribution in [0.15, 0.2) is 72.8 Å². The van der Waals surface area contributed by atoms with Gasteiger partial charge in [0.15, 0.2) is 0 Å². The highest BCUT2D eigenvalue weighted by molar-refractivity contribution is 6.07. The first kappa shape index (κ1) is 36.3. The lowest BCUT2D eigenvalue weighted by atomic mass is 9.73. The summed E-state index contributed by atoms with van der Waals surface area (Å²) >= 11 is 0. The van der Waals surface area contributed by atoms with Gasteiger partial charge in [0.1, 0.15) is 13.1 Å². The average molecular weight is 699 g/mol. The number of quaternary nitrogens is 2. The maximum absolute atomic E-state index is 2.68. The molecule has 4 aromatic rings. The largest absolute Gasteiger partial charge is 0.322 e. The molecule has 0 amide bonds. The maximum atomic E-state index is 2.68. The summed E-state index contributed by atoms with van der Waals surface area (Å²) in [6.07, 6.45) is 27.8. The lowest BCUT2D eigenvalue weighted by molar-refractivity contribution is -1.01. The van der Waals surface area contributed by atoms with Crippen molar-refractivity contribution in [3.63, 3.8) is 0 Å². The molecule has 8 rings (SSSR count). The van der Waals surface area contributed by atoms with Crippen LogP contribution < -0.4 is 9.80 Å². The molecule has 4 saturated carbocycles. The third-order valence-electron chi connectivity index (χ3n) is 15.8. The fourth-order valence-corrected chi connectivity index (χ4v) is 12.7. The summed E-state index contributed by atoms with van der Waals surface area (Å²) in [4.78, 5) is 3.80. The number of nitrogens with one attached hydrogen (secondary N) is 2. The summed E-state index contributed by atoms with van der Waals surface area (Å²) in [5.74, 6) is 0. The third kappa shape index (κ3) is 6.90. The molecular weight excluding hydrogens is 629 g/mol. The Kier molecular flexibility index (Phi) is 10.4. The fraction of sp³-hybridized carbons (Fsp3) is 0.600. The molecule has 0 bridgehead atoms. The van der Waals surface area contributed by atoms with Gasteiger partial charge in [-0.2, -0.15) is 0 Å². The first-order valence-electron chi connectivity index (χ1n) is 22.0. The molecule has 0 radical (unpaired) electrons. The second-order valence-corrected chi connectivity index (χ2v) is 19.4. The molecule has 2 nitrogen and oxygen atoms in total. The van der Waals surface area contributed by atoms with Gasteiger partial charge in [-0.1, -0.05) is 98.5 Å². The Bertz CT molecular complexity index is 1640. The Labute approximate surface area is 316 Å². The van der Waals surface area contributed by atoms with Crippen LogP contribution in [-0.4, -0.2) is 22.2 Å². The summed E-state index contributed by atoms with van der Waals surface area (Å²) in [7, 11) is 0. The molecule has 0 aliphatic heterocycles. The first-order valence-corrected chi connectivity index (χ1v) is 22.0. The monoisotopic (exact) mass is 699 g/mol. The molecule has 2 N–H and O–H groups in total. The van der Waals surface area contributed by atoms with Gasteiger partial charge in [-0.05, 0) is 112 Å². The number of fused-ring (bicyclic) bond motifs is 2. The Morgan fingerprint density at radius 2 is 0.654 bits per heavy atom. The van der Waals surface area contributed by atoms with E-state index in [0.717, 1.165) is 13.1 Å². The highest BCUT2D eigenvalue weighted by Gasteiger charge is 2.50. The van der Waals surface area contributed by atoms with Gasteiger partial charge in [-0.25, -0.2) is 0 Å². The second-order valence-electron chi connectivity index (χ2n) is 19.4. The van der Waals surface area contributed by atoms with E-state index in [1.807, 2.05) is 9.80 Å². The van der Waals surface area contributed by atoms with Crippen molar-refractivity contribution in [2.24, 2.45) is 0 Å². The number of rotatable bonds is 9. The van der Waals surface area contributed by atoms with Gasteiger partial charge >= 0.3 is 0 Å². The Hall–Kier alpha value is -2.68. The second kappa shape index (κ2) is 14.9. The third-order valence-corrected chi connectivity index (χ3v) is 15.8. The van der Waals surface area contributed by atoms with E-state index in [9.17, 15) is 0 Å². The van der Waals surface area contributed by atoms with E-state index in [1.165, 1.54) is 150 Å². The van der Waals surface area contributed by atoms with Crippen LogP contribution in [0.4, 0.5) is 0 Å². The van der Waals surface area contributed by atoms with E-state index in [1.54, 1.807) is 22.3 Å². The van der Waals surface area contributed by atoms with Gasteiger partial charge in [0.05, 0.1) is 22.2 Å². The molecule has 4 aliphatic carbocycles. The molecule has 52 heavy (non-hydrogen) atoms. The van der Waals surface area contributed by atoms with Crippen LogP contribution in [0.1, 0.15) is 167 Å². The lowest BCUT2D eigenvalue weighted by Crippen LogP contribution is -3.25. The summed E-state index contributed by atoms with van der Waals surface area (Å²) in [5, 5.41) is 5.68. The summed E-state index contributed by atoms with van der Waals surface area (Å²) in [6, 6.07) is 28.9. The van der Waals surface area contributed by atoms with Crippen molar-refractivity contribution in [2.45, 2.75) is 191 Å². The number of hydrogen-bond acceptors (Lipinski definition) is 0. The average Bonchev–Trinajstić information content (AvgIpc) is 3.16. The molecule has 0 aromatic heterocycles. The van der Waals surface area contributed by atoms with Crippen LogP contribution in [0.2, 0.25) is 0 Å². The highest BCUT2D eigenvalue weighted by atomic mass is 15.3. The molecule has 4 aromatic carbocycles. The smallest absolute Gasteiger partial charge is 0.104 e. The molecule has 4 aliphatic rings. The van der Waals surface area contributed by atoms with Gasteiger partial charge in [-0.15, -0.1) is 0 Å². The zero-order valence-electron chi connectivity index (χ0n) is 33.5. The van der Waals surface area contributed by atoms with Gasteiger partial charge in [-0.3, -0.25) is 0 Å². The van der Waals surface area contributed by atoms with Crippen LogP contribution in [0.3, 0.4) is 0 Å². The molecule has 2 heteroatoms. The van der Waals surface area contributed by atoms with E-state index in [-0.39, 0.29) is 0 Å². The minimum Gasteiger partial charge on any atom is -0.322 e. The van der Waals surface area contributed by atoms with Crippen LogP contribution in [0.25, 0.3) is 32.7 Å². The predicted molar refractivity (Wildman–Crippen MR) is 222 cm³/mol. The molecule has 0 atom stereocenters. The maximum Gasteiger partial charge on any atom is 0.104 e. The molecule has 278 valence electrons. The molecular formula is C50H70N2+2. The van der Waals surface area contributed by atoms with Crippen LogP contribution in [0.5, 0.6) is 0 Å². The SMILES string of the molecule is CC1([NH+](Cc2ccc3ccccc3c2-c2c(C[NH+](C3(C)CCCCC3)C3(C)CCCCC3)ccc3ccccc23)C2(C)CCCCC2)CCCCC1. The summed E-state index contributed by atoms with van der Waals surface area (Å²) in [5.41, 5.74) is 7.59. The minimum absolute atomic E-state index is 0.334. The number of hydrogen-bond donors (Lipinski definition) is 2. The number of benzene rings is 4. The summed E-state index contributed by atoms with van der Waals surface area (Å²) < 4.78 is 0. The van der Waals surface area contributed by atoms with E-state index in [2.05, 4.69) is 100 Å². The zero-order valence-corrected chi connectivity index (χ0v) is 33.5. The van der Waals surface area contributed by atoms with Crippen molar-refractivity contribution in [3.8, 4) is 11.1 Å². The van der Waals surface area contributed by atoms with Gasteiger partial charge in [0.2, 0.25) is 0 Å². The van der Waals surface area contributed by atoms with E-state index >= 15 is 0 Å². The molecule has 0 spiro atoms. The van der Waals surface area contributed by atoms with Crippen LogP contribution >= 0.6 is 0 Å². The Morgan fingerprint density at radius 3 is 0.962 bits per heavy atom. The van der Waals surface area contributed by atoms with Crippen molar-refractivity contribution < 1.29 is 9.80 Å². The molecule has 4 fully saturated rings. The van der Waals surface area contributed by atoms with Crippen LogP contribution in [-0.2, 0) is 13.1 Å². The Morgan fingerprint density at radius 1 is 0.365 bits per heavy atom. The van der Waals surface area contributed by atoms with Crippen molar-refractivity contribution >= 4 is 21.5 Å². The predicted octanol–water partition coefficient (Wildman–Crippen LogP) is 11.3. The molecule has 0 saturated heterocycles. The Balaban J connectivity index is 1.33. The van der Waals surface area contributed by atoms with E-state index in [4.69, 9.17) is 0 Å². The topological polar surface area (TPSA) is 8.88 Å². The van der Waals surface area contributed by atoms with Gasteiger partial charge in [0, 0.05) is 62.5 Å². The van der Waals surface area contributed by atoms with Crippen molar-refractivity contribution in [1.82, 2.24) is 0 Å². The first-order chi connectivity index (χ1) is 25.2. The van der Waals surface area contributed by atoms with Crippen molar-refractivity contribution in [2.75, 3.05) is 0 Å². The van der Waals surface area contributed by atoms with Crippen LogP contribution in [0, 0.1) is 0 Å². The fourth-order valence-electron chi connectivity index (χ4n) is 12.7. The summed E-state index contributed by atoms with van der Waals surface area (Å²) in [6.45, 7) is 13.0. The standard InChI is InChI=1S/C50H68N2/c1-47(29-13-5-14-30-47)51(48(2)31-15-6-16-32-48)37-41-27-25-39-21-9-11-23-43(39)45(41)46-42(28-26-40-22-10-12-24-44(40)46)38-52(49(3)33-17-7-18-34-49)50(4)35-19-8-20-36-50/h9-12,21-28H,5-8,13-20,29-38H2,1-4H3/p+2. The zero-order chi connectivity index (χ0) is 35.8. The lowest BCUT2D eigenvalue weighted by Gasteiger charge is -2.52. The van der Waals surface area contributed by atoms with Crippen molar-refractivity contribution in [3.05, 3.63) is 83.9 Å². The van der Waals surface area contributed by atoms with E-state index in [0.29, 0.717) is 22.2 Å².